The third-order valence-corrected chi connectivity index (χ3v) is 267. The highest BCUT2D eigenvalue weighted by Gasteiger charge is 2.58. The zero-order chi connectivity index (χ0) is 58.1. The van der Waals surface area contributed by atoms with Gasteiger partial charge >= 0.3 is 224 Å². The van der Waals surface area contributed by atoms with Crippen molar-refractivity contribution >= 4 is 266 Å². The quantitative estimate of drug-likeness (QED) is 0.0532. The van der Waals surface area contributed by atoms with Crippen molar-refractivity contribution in [3.63, 3.8) is 0 Å². The predicted molar refractivity (Wildman–Crippen MR) is 270 cm³/mol. The van der Waals surface area contributed by atoms with Crippen LogP contribution in [0.5, 0.6) is 0 Å². The van der Waals surface area contributed by atoms with Crippen LogP contribution in [0.2, 0.25) is 52.4 Å². The first-order chi connectivity index (χ1) is 32.8. The molecule has 0 aromatic heterocycles. The first-order valence-electron chi connectivity index (χ1n) is 18.9. The van der Waals surface area contributed by atoms with E-state index >= 15 is 0 Å². The van der Waals surface area contributed by atoms with E-state index in [1.165, 1.54) is 32.7 Å². The smallest absolute Gasteiger partial charge is 0.381 e. The average Bonchev–Trinajstić information content (AvgIpc) is 3.34. The standard InChI is InChI=1S/C8H28O31Si34/c1-71(2,3)38-40-43(10)69(36)73(7,8)39-41-42(9)44(11)45(12)46(13)47(14)48(15)49(16)50(17)51(18)52(19)53(20)54(21)55(22)56(23)57(24)58(25)59(26)60(27)61(28)62(29)63(30)64(31)65(32)66(33)67(34)68(35)70(37)72(4,5)6/h40-41H2,1-8H3. The maximum absolute atomic E-state index is 12.9. The van der Waals surface area contributed by atoms with Gasteiger partial charge in [0.05, 0.1) is 0 Å². The molecule has 0 atom stereocenters. The van der Waals surface area contributed by atoms with Crippen molar-refractivity contribution in [1.82, 2.24) is 0 Å². The molecule has 382 valence electrons. The summed E-state index contributed by atoms with van der Waals surface area (Å²) >= 11 is 0. The Labute approximate surface area is 451 Å². The summed E-state index contributed by atoms with van der Waals surface area (Å²) in [5.74, 6) is 0. The van der Waals surface area contributed by atoms with E-state index in [-0.39, 0.29) is 0 Å². The molecule has 0 rings (SSSR count). The van der Waals surface area contributed by atoms with Gasteiger partial charge in [-0.15, -0.1) is 0 Å². The molecule has 0 aliphatic rings. The molecule has 0 amide bonds. The fraction of sp³-hybridized carbons (Fsp3) is 1.00. The van der Waals surface area contributed by atoms with Gasteiger partial charge < -0.3 is 138 Å². The molecule has 0 saturated carbocycles. The first kappa shape index (κ1) is 74.5. The van der Waals surface area contributed by atoms with Crippen LogP contribution in [-0.2, 0) is 138 Å². The molecular weight excluding hydrogens is 1550 g/mol. The molecule has 0 aliphatic carbocycles. The molecule has 0 spiro atoms. The van der Waals surface area contributed by atoms with Gasteiger partial charge in [0.1, 0.15) is 7.59 Å². The van der Waals surface area contributed by atoms with Gasteiger partial charge in [0.15, 0.2) is 8.32 Å². The Morgan fingerprint density at radius 3 is 0.589 bits per heavy atom. The summed E-state index contributed by atoms with van der Waals surface area (Å²) in [6.45, 7) is 12.6. The van der Waals surface area contributed by atoms with Crippen LogP contribution in [0.25, 0.3) is 0 Å². The van der Waals surface area contributed by atoms with Crippen LogP contribution in [0.4, 0.5) is 0 Å². The molecule has 0 aromatic rings. The molecule has 0 unspecified atom stereocenters. The lowest BCUT2D eigenvalue weighted by Crippen LogP contribution is -2.58. The fourth-order valence-corrected chi connectivity index (χ4v) is 382. The molecule has 31 nitrogen and oxygen atoms in total. The monoisotopic (exact) mass is 1570 g/mol. The van der Waals surface area contributed by atoms with Crippen LogP contribution in [-0.4, -0.2) is 266 Å². The molecule has 0 aromatic carbocycles. The van der Waals surface area contributed by atoms with E-state index in [1.807, 2.05) is 19.6 Å². The van der Waals surface area contributed by atoms with Crippen molar-refractivity contribution in [3.05, 3.63) is 0 Å². The van der Waals surface area contributed by atoms with E-state index in [4.69, 9.17) is 8.23 Å². The molecule has 73 heavy (non-hydrogen) atoms. The lowest BCUT2D eigenvalue weighted by molar-refractivity contribution is 0.531. The van der Waals surface area contributed by atoms with E-state index in [0.717, 1.165) is 0 Å². The molecule has 0 heterocycles. The summed E-state index contributed by atoms with van der Waals surface area (Å²) in [6.07, 6.45) is 0. The van der Waals surface area contributed by atoms with Crippen LogP contribution in [0.3, 0.4) is 0 Å². The zero-order valence-corrected chi connectivity index (χ0v) is 72.9. The highest BCUT2D eigenvalue weighted by molar-refractivity contribution is 7.84. The van der Waals surface area contributed by atoms with E-state index in [2.05, 4.69) is 0 Å². The fourth-order valence-electron chi connectivity index (χ4n) is 4.00. The van der Waals surface area contributed by atoms with Gasteiger partial charge in [-0.05, 0) is 32.7 Å². The lowest BCUT2D eigenvalue weighted by Gasteiger charge is -2.20. The number of rotatable bonds is 35. The Kier molecular flexibility index (Phi) is 32.3. The second kappa shape index (κ2) is 31.6. The molecule has 0 fully saturated rings. The summed E-state index contributed by atoms with van der Waals surface area (Å²) in [5.41, 5.74) is 0. The Morgan fingerprint density at radius 1 is 0.219 bits per heavy atom. The normalized spacial score (nSPS) is 11.2. The highest BCUT2D eigenvalue weighted by Crippen LogP contribution is 2.06. The summed E-state index contributed by atoms with van der Waals surface area (Å²) in [4.78, 5) is 0. The van der Waals surface area contributed by atoms with Gasteiger partial charge in [-0.3, -0.25) is 0 Å². The second-order valence-corrected chi connectivity index (χ2v) is 186. The minimum Gasteiger partial charge on any atom is -0.457 e. The zero-order valence-electron chi connectivity index (χ0n) is 38.1. The van der Waals surface area contributed by atoms with Gasteiger partial charge in [-0.1, -0.05) is 19.6 Å². The van der Waals surface area contributed by atoms with Gasteiger partial charge in [-0.25, -0.2) is 0 Å². The summed E-state index contributed by atoms with van der Waals surface area (Å²) < 4.78 is 380. The van der Waals surface area contributed by atoms with E-state index in [0.29, 0.717) is 0 Å². The van der Waals surface area contributed by atoms with Crippen molar-refractivity contribution < 1.29 is 138 Å². The summed E-state index contributed by atoms with van der Waals surface area (Å²) in [7, 11) is -136. The number of hydrogen-bond acceptors (Lipinski definition) is 31. The molecule has 0 saturated heterocycles. The van der Waals surface area contributed by atoms with E-state index < -0.39 is 266 Å². The van der Waals surface area contributed by atoms with E-state index in [1.54, 1.807) is 0 Å². The van der Waals surface area contributed by atoms with Crippen LogP contribution >= 0.6 is 0 Å². The van der Waals surface area contributed by atoms with Crippen molar-refractivity contribution in [2.45, 2.75) is 52.4 Å². The summed E-state index contributed by atoms with van der Waals surface area (Å²) in [6, 6.07) is 0. The third kappa shape index (κ3) is 21.1. The van der Waals surface area contributed by atoms with Crippen LogP contribution < -0.4 is 0 Å². The van der Waals surface area contributed by atoms with Gasteiger partial charge in [-0.2, -0.15) is 0 Å². The molecule has 0 bridgehead atoms. The molecule has 0 radical (unpaired) electrons. The average molecular weight is 1580 g/mol. The Morgan fingerprint density at radius 2 is 0.397 bits per heavy atom. The lowest BCUT2D eigenvalue weighted by atomic mass is 11.8. The minimum absolute atomic E-state index is 1.38. The molecular formula is C8H28O31Si34. The molecule has 0 aliphatic heterocycles. The maximum Gasteiger partial charge on any atom is 0.381 e. The Balaban J connectivity index is 5.82. The van der Waals surface area contributed by atoms with Gasteiger partial charge in [0.25, 0.3) is 0 Å². The van der Waals surface area contributed by atoms with Crippen molar-refractivity contribution in [2.24, 2.45) is 0 Å². The predicted octanol–water partition coefficient (Wildman–Crippen LogP) is -12.9. The largest absolute Gasteiger partial charge is 0.457 e. The topological polar surface area (TPSA) is 513 Å². The van der Waals surface area contributed by atoms with Crippen LogP contribution in [0.15, 0.2) is 0 Å². The molecule has 0 N–H and O–H groups in total. The highest BCUT2D eigenvalue weighted by atomic mass is 30.1. The van der Waals surface area contributed by atoms with Crippen molar-refractivity contribution in [1.29, 1.82) is 0 Å². The van der Waals surface area contributed by atoms with Crippen LogP contribution in [0, 0.1) is 0 Å². The third-order valence-electron chi connectivity index (χ3n) is 8.09. The van der Waals surface area contributed by atoms with Crippen molar-refractivity contribution in [2.75, 3.05) is 0 Å². The Bertz CT molecular complexity index is 2950. The second-order valence-electron chi connectivity index (χ2n) is 16.2. The van der Waals surface area contributed by atoms with Gasteiger partial charge in [0.2, 0.25) is 26.4 Å². The van der Waals surface area contributed by atoms with Gasteiger partial charge in [0, 0.05) is 0 Å². The first-order valence-corrected chi connectivity index (χ1v) is 104. The van der Waals surface area contributed by atoms with E-state index in [9.17, 15) is 129 Å². The number of hydrogen-bond donors (Lipinski definition) is 0. The summed E-state index contributed by atoms with van der Waals surface area (Å²) in [5, 5.41) is 0. The van der Waals surface area contributed by atoms with Crippen molar-refractivity contribution in [3.8, 4) is 0 Å². The maximum atomic E-state index is 12.9. The Hall–Kier alpha value is 1.49. The minimum atomic E-state index is -4.68. The van der Waals surface area contributed by atoms with Crippen LogP contribution in [0.1, 0.15) is 0 Å². The molecule has 65 heteroatoms. The SMILES string of the molecule is C[Si](C)(C)O[SiH2][Si](=O)[Si](=O)[Si](C)(C)O[SiH2][Si](=O)[Si](=O)[Si](=O)[Si](=O)[Si](=O)[Si](=O)[Si](=O)[Si](=O)[Si](=O)[Si](=O)[Si](=O)[Si](=O)[Si](=O)[Si](=O)[Si](=O)[Si](=O)[Si](=O)[Si](=O)[Si](=O)[Si](=O)[Si](=O)[Si](=O)[Si](=O)[Si](=O)[Si](=O)[Si](=O)[Si](=O)[Si](C)(C)C.